The van der Waals surface area contributed by atoms with Gasteiger partial charge in [-0.15, -0.1) is 0 Å². The van der Waals surface area contributed by atoms with E-state index >= 15 is 0 Å². The Balaban J connectivity index is 2.24. The summed E-state index contributed by atoms with van der Waals surface area (Å²) in [6.07, 6.45) is 1.05. The normalized spacial score (nSPS) is 11.4. The Morgan fingerprint density at radius 1 is 0.889 bits per heavy atom. The zero-order valence-electron chi connectivity index (χ0n) is 16.3. The number of carbonyl (C=O) groups is 2. The van der Waals surface area contributed by atoms with Crippen LogP contribution >= 0.6 is 0 Å². The van der Waals surface area contributed by atoms with Crippen LogP contribution in [0.15, 0.2) is 36.4 Å². The second kappa shape index (κ2) is 8.49. The molecule has 0 aromatic heterocycles. The lowest BCUT2D eigenvalue weighted by Crippen LogP contribution is -2.36. The number of nitrogens with zero attached hydrogens (tertiary/aromatic N) is 1. The third-order valence-electron chi connectivity index (χ3n) is 4.20. The van der Waals surface area contributed by atoms with Crippen LogP contribution in [-0.2, 0) is 9.59 Å². The molecule has 2 N–H and O–H groups in total. The van der Waals surface area contributed by atoms with Gasteiger partial charge < -0.3 is 15.8 Å². The summed E-state index contributed by atoms with van der Waals surface area (Å²) in [4.78, 5) is 25.4. The van der Waals surface area contributed by atoms with Gasteiger partial charge >= 0.3 is 0 Å². The third-order valence-corrected chi connectivity index (χ3v) is 4.20. The first-order valence-corrected chi connectivity index (χ1v) is 8.68. The number of hydroxylamine groups is 1. The molecule has 0 saturated heterocycles. The molecule has 0 spiro atoms. The Morgan fingerprint density at radius 3 is 1.63 bits per heavy atom. The number of amides is 2. The Morgan fingerprint density at radius 2 is 1.30 bits per heavy atom. The standard InChI is InChI=1S/C21H25N3O3/c1-13-6-8-18(15(3)10-13)22-20(25)17(12-24(5)27)21(26)23-19-9-7-14(2)11-16(19)4/h6-12,17H,1-5H3,(H,22,25)(H,23,26)/b24-12+. The van der Waals surface area contributed by atoms with E-state index in [1.165, 1.54) is 7.05 Å². The first-order chi connectivity index (χ1) is 12.7. The van der Waals surface area contributed by atoms with Crippen LogP contribution in [0.1, 0.15) is 22.3 Å². The molecule has 0 bridgehead atoms. The van der Waals surface area contributed by atoms with Gasteiger partial charge in [0.2, 0.25) is 11.8 Å². The molecular formula is C21H25N3O3. The predicted molar refractivity (Wildman–Crippen MR) is 108 cm³/mol. The second-order valence-electron chi connectivity index (χ2n) is 6.79. The monoisotopic (exact) mass is 367 g/mol. The third kappa shape index (κ3) is 5.41. The number of nitrogens with one attached hydrogen (secondary N) is 2. The number of hydrogen-bond acceptors (Lipinski definition) is 3. The zero-order valence-corrected chi connectivity index (χ0v) is 16.3. The van der Waals surface area contributed by atoms with Crippen molar-refractivity contribution < 1.29 is 14.3 Å². The molecule has 142 valence electrons. The minimum absolute atomic E-state index is 0.466. The van der Waals surface area contributed by atoms with Crippen LogP contribution in [0.5, 0.6) is 0 Å². The molecule has 0 fully saturated rings. The SMILES string of the molecule is Cc1ccc(NC(=O)C(/C=[N+](\C)[O-])C(=O)Nc2ccc(C)cc2C)c(C)c1. The molecule has 2 aromatic carbocycles. The topological polar surface area (TPSA) is 84.3 Å². The molecule has 0 unspecified atom stereocenters. The van der Waals surface area contributed by atoms with Crippen molar-refractivity contribution in [1.82, 2.24) is 0 Å². The van der Waals surface area contributed by atoms with Gasteiger partial charge in [-0.05, 0) is 51.0 Å². The molecule has 0 atom stereocenters. The lowest BCUT2D eigenvalue weighted by Gasteiger charge is -2.15. The maximum Gasteiger partial charge on any atom is 0.247 e. The van der Waals surface area contributed by atoms with Gasteiger partial charge in [-0.1, -0.05) is 35.4 Å². The predicted octanol–water partition coefficient (Wildman–Crippen LogP) is 3.32. The van der Waals surface area contributed by atoms with E-state index in [1.54, 1.807) is 12.1 Å². The molecule has 0 aliphatic rings. The summed E-state index contributed by atoms with van der Waals surface area (Å²) in [6.45, 7) is 7.66. The highest BCUT2D eigenvalue weighted by atomic mass is 16.5. The van der Waals surface area contributed by atoms with Gasteiger partial charge in [0.15, 0.2) is 12.1 Å². The molecule has 0 saturated carbocycles. The second-order valence-corrected chi connectivity index (χ2v) is 6.79. The fourth-order valence-electron chi connectivity index (χ4n) is 2.79. The number of benzene rings is 2. The van der Waals surface area contributed by atoms with Crippen molar-refractivity contribution in [3.8, 4) is 0 Å². The molecule has 0 aliphatic carbocycles. The number of anilines is 2. The number of hydrogen-bond donors (Lipinski definition) is 2. The van der Waals surface area contributed by atoms with E-state index in [2.05, 4.69) is 10.6 Å². The summed E-state index contributed by atoms with van der Waals surface area (Å²) in [5.41, 5.74) is 5.12. The smallest absolute Gasteiger partial charge is 0.247 e. The minimum atomic E-state index is -1.26. The number of aryl methyl sites for hydroxylation is 4. The van der Waals surface area contributed by atoms with Crippen LogP contribution in [0.2, 0.25) is 0 Å². The summed E-state index contributed by atoms with van der Waals surface area (Å²) in [5.74, 6) is -2.38. The Labute approximate surface area is 159 Å². The lowest BCUT2D eigenvalue weighted by molar-refractivity contribution is -0.419. The van der Waals surface area contributed by atoms with Crippen LogP contribution in [0.3, 0.4) is 0 Å². The Bertz CT molecular complexity index is 834. The molecule has 2 amide bonds. The maximum atomic E-state index is 12.7. The van der Waals surface area contributed by atoms with Crippen LogP contribution < -0.4 is 10.6 Å². The van der Waals surface area contributed by atoms with Gasteiger partial charge in [0.1, 0.15) is 7.05 Å². The van der Waals surface area contributed by atoms with Gasteiger partial charge in [-0.3, -0.25) is 9.59 Å². The van der Waals surface area contributed by atoms with E-state index in [1.807, 2.05) is 52.0 Å². The van der Waals surface area contributed by atoms with Crippen molar-refractivity contribution in [3.63, 3.8) is 0 Å². The molecule has 0 heterocycles. The summed E-state index contributed by atoms with van der Waals surface area (Å²) < 4.78 is 0.466. The van der Waals surface area contributed by atoms with Crippen molar-refractivity contribution in [2.24, 2.45) is 5.92 Å². The van der Waals surface area contributed by atoms with E-state index in [4.69, 9.17) is 0 Å². The highest BCUT2D eigenvalue weighted by Crippen LogP contribution is 2.19. The van der Waals surface area contributed by atoms with E-state index in [-0.39, 0.29) is 0 Å². The van der Waals surface area contributed by atoms with Gasteiger partial charge in [-0.25, -0.2) is 4.74 Å². The molecule has 6 nitrogen and oxygen atoms in total. The molecule has 2 aromatic rings. The minimum Gasteiger partial charge on any atom is -0.624 e. The largest absolute Gasteiger partial charge is 0.624 e. The number of rotatable bonds is 5. The van der Waals surface area contributed by atoms with Crippen LogP contribution in [0, 0.1) is 38.8 Å². The van der Waals surface area contributed by atoms with Gasteiger partial charge in [0.25, 0.3) is 0 Å². The lowest BCUT2D eigenvalue weighted by atomic mass is 10.1. The van der Waals surface area contributed by atoms with Crippen molar-refractivity contribution in [1.29, 1.82) is 0 Å². The quantitative estimate of drug-likeness (QED) is 0.279. The van der Waals surface area contributed by atoms with Crippen molar-refractivity contribution >= 4 is 29.4 Å². The summed E-state index contributed by atoms with van der Waals surface area (Å²) in [6, 6.07) is 11.2. The van der Waals surface area contributed by atoms with E-state index in [0.717, 1.165) is 28.5 Å². The van der Waals surface area contributed by atoms with E-state index in [0.29, 0.717) is 16.1 Å². The highest BCUT2D eigenvalue weighted by molar-refractivity contribution is 6.19. The average molecular weight is 367 g/mol. The maximum absolute atomic E-state index is 12.7. The molecule has 6 heteroatoms. The zero-order chi connectivity index (χ0) is 20.1. The Kier molecular flexibility index (Phi) is 6.34. The van der Waals surface area contributed by atoms with E-state index in [9.17, 15) is 14.8 Å². The summed E-state index contributed by atoms with van der Waals surface area (Å²) in [7, 11) is 1.24. The first kappa shape index (κ1) is 20.2. The molecular weight excluding hydrogens is 342 g/mol. The van der Waals surface area contributed by atoms with Crippen molar-refractivity contribution in [3.05, 3.63) is 63.9 Å². The fraction of sp³-hybridized carbons (Fsp3) is 0.286. The van der Waals surface area contributed by atoms with Gasteiger partial charge in [0.05, 0.1) is 0 Å². The molecule has 2 rings (SSSR count). The molecule has 27 heavy (non-hydrogen) atoms. The van der Waals surface area contributed by atoms with Crippen LogP contribution in [0.4, 0.5) is 11.4 Å². The van der Waals surface area contributed by atoms with Crippen molar-refractivity contribution in [2.45, 2.75) is 27.7 Å². The summed E-state index contributed by atoms with van der Waals surface area (Å²) >= 11 is 0. The van der Waals surface area contributed by atoms with Crippen LogP contribution in [0.25, 0.3) is 0 Å². The number of carbonyl (C=O) groups excluding carboxylic acids is 2. The molecule has 0 radical (unpaired) electrons. The highest BCUT2D eigenvalue weighted by Gasteiger charge is 2.29. The summed E-state index contributed by atoms with van der Waals surface area (Å²) in [5, 5.41) is 17.0. The molecule has 0 aliphatic heterocycles. The average Bonchev–Trinajstić information content (AvgIpc) is 2.57. The first-order valence-electron chi connectivity index (χ1n) is 8.68. The Hall–Kier alpha value is -3.15. The van der Waals surface area contributed by atoms with Gasteiger partial charge in [-0.2, -0.15) is 0 Å². The van der Waals surface area contributed by atoms with Crippen LogP contribution in [-0.4, -0.2) is 29.8 Å². The van der Waals surface area contributed by atoms with Gasteiger partial charge in [0, 0.05) is 11.4 Å². The van der Waals surface area contributed by atoms with E-state index < -0.39 is 17.7 Å². The van der Waals surface area contributed by atoms with Crippen molar-refractivity contribution in [2.75, 3.05) is 17.7 Å². The fourth-order valence-corrected chi connectivity index (χ4v) is 2.79.